The Bertz CT molecular complexity index is 558. The molecular formula is C15H19ClN2O. The predicted octanol–water partition coefficient (Wildman–Crippen LogP) is 4.36. The summed E-state index contributed by atoms with van der Waals surface area (Å²) >= 11 is 6.43. The van der Waals surface area contributed by atoms with Gasteiger partial charge in [-0.2, -0.15) is 5.10 Å². The van der Waals surface area contributed by atoms with Crippen molar-refractivity contribution in [1.82, 2.24) is 9.78 Å². The standard InChI is InChI=1S/C15H19ClN2O/c1-5-19-13-8-6-12(7-9-13)18-15(16)14(10(2)3)11(4)17-18/h6-10H,5H2,1-4H3. The van der Waals surface area contributed by atoms with Gasteiger partial charge in [-0.05, 0) is 44.0 Å². The van der Waals surface area contributed by atoms with Crippen molar-refractivity contribution in [2.45, 2.75) is 33.6 Å². The SMILES string of the molecule is CCOc1ccc(-n2nc(C)c(C(C)C)c2Cl)cc1. The lowest BCUT2D eigenvalue weighted by Crippen LogP contribution is -1.98. The van der Waals surface area contributed by atoms with Gasteiger partial charge in [-0.15, -0.1) is 0 Å². The molecule has 2 rings (SSSR count). The van der Waals surface area contributed by atoms with Gasteiger partial charge in [0.2, 0.25) is 0 Å². The molecule has 102 valence electrons. The summed E-state index contributed by atoms with van der Waals surface area (Å²) < 4.78 is 7.21. The van der Waals surface area contributed by atoms with Gasteiger partial charge in [0, 0.05) is 5.56 Å². The van der Waals surface area contributed by atoms with Crippen LogP contribution in [0, 0.1) is 6.92 Å². The van der Waals surface area contributed by atoms with Crippen molar-refractivity contribution < 1.29 is 4.74 Å². The number of rotatable bonds is 4. The van der Waals surface area contributed by atoms with Crippen molar-refractivity contribution in [1.29, 1.82) is 0 Å². The van der Waals surface area contributed by atoms with Crippen LogP contribution in [-0.2, 0) is 0 Å². The predicted molar refractivity (Wildman–Crippen MR) is 78.6 cm³/mol. The van der Waals surface area contributed by atoms with E-state index in [0.717, 1.165) is 22.7 Å². The van der Waals surface area contributed by atoms with Crippen LogP contribution in [0.25, 0.3) is 5.69 Å². The van der Waals surface area contributed by atoms with E-state index in [-0.39, 0.29) is 0 Å². The molecule has 0 N–H and O–H groups in total. The fourth-order valence-electron chi connectivity index (χ4n) is 2.19. The third-order valence-electron chi connectivity index (χ3n) is 3.02. The van der Waals surface area contributed by atoms with Crippen LogP contribution < -0.4 is 4.74 Å². The van der Waals surface area contributed by atoms with Crippen LogP contribution in [0.15, 0.2) is 24.3 Å². The zero-order chi connectivity index (χ0) is 14.0. The van der Waals surface area contributed by atoms with Gasteiger partial charge in [-0.1, -0.05) is 25.4 Å². The smallest absolute Gasteiger partial charge is 0.136 e. The molecule has 0 radical (unpaired) electrons. The number of hydrogen-bond donors (Lipinski definition) is 0. The number of halogens is 1. The first-order chi connectivity index (χ1) is 9.04. The summed E-state index contributed by atoms with van der Waals surface area (Å²) in [6, 6.07) is 7.79. The Morgan fingerprint density at radius 2 is 1.89 bits per heavy atom. The molecule has 0 unspecified atom stereocenters. The zero-order valence-electron chi connectivity index (χ0n) is 11.8. The van der Waals surface area contributed by atoms with Crippen LogP contribution in [-0.4, -0.2) is 16.4 Å². The number of aryl methyl sites for hydroxylation is 1. The molecule has 0 saturated carbocycles. The Morgan fingerprint density at radius 1 is 1.26 bits per heavy atom. The molecular weight excluding hydrogens is 260 g/mol. The topological polar surface area (TPSA) is 27.1 Å². The van der Waals surface area contributed by atoms with Gasteiger partial charge in [-0.3, -0.25) is 0 Å². The maximum atomic E-state index is 6.43. The van der Waals surface area contributed by atoms with E-state index in [9.17, 15) is 0 Å². The molecule has 1 aromatic carbocycles. The first-order valence-electron chi connectivity index (χ1n) is 6.52. The molecule has 0 saturated heterocycles. The summed E-state index contributed by atoms with van der Waals surface area (Å²) in [5.41, 5.74) is 3.04. The molecule has 3 nitrogen and oxygen atoms in total. The average molecular weight is 279 g/mol. The van der Waals surface area contributed by atoms with Crippen LogP contribution in [0.3, 0.4) is 0 Å². The monoisotopic (exact) mass is 278 g/mol. The van der Waals surface area contributed by atoms with Crippen molar-refractivity contribution in [2.75, 3.05) is 6.61 Å². The molecule has 4 heteroatoms. The highest BCUT2D eigenvalue weighted by atomic mass is 35.5. The van der Waals surface area contributed by atoms with E-state index >= 15 is 0 Å². The second-order valence-corrected chi connectivity index (χ2v) is 5.14. The summed E-state index contributed by atoms with van der Waals surface area (Å²) in [6.07, 6.45) is 0. The van der Waals surface area contributed by atoms with Crippen molar-refractivity contribution >= 4 is 11.6 Å². The van der Waals surface area contributed by atoms with Crippen LogP contribution in [0.5, 0.6) is 5.75 Å². The molecule has 2 aromatic rings. The third-order valence-corrected chi connectivity index (χ3v) is 3.38. The molecule has 1 aromatic heterocycles. The van der Waals surface area contributed by atoms with Gasteiger partial charge in [0.1, 0.15) is 10.9 Å². The normalized spacial score (nSPS) is 11.1. The van der Waals surface area contributed by atoms with Crippen molar-refractivity contribution in [2.24, 2.45) is 0 Å². The minimum atomic E-state index is 0.365. The highest BCUT2D eigenvalue weighted by Crippen LogP contribution is 2.29. The van der Waals surface area contributed by atoms with Gasteiger partial charge >= 0.3 is 0 Å². The Hall–Kier alpha value is -1.48. The number of benzene rings is 1. The molecule has 0 spiro atoms. The summed E-state index contributed by atoms with van der Waals surface area (Å²) in [6.45, 7) is 8.87. The highest BCUT2D eigenvalue weighted by Gasteiger charge is 2.17. The maximum absolute atomic E-state index is 6.43. The number of ether oxygens (including phenoxy) is 1. The van der Waals surface area contributed by atoms with Gasteiger partial charge in [0.15, 0.2) is 0 Å². The van der Waals surface area contributed by atoms with Crippen LogP contribution in [0.4, 0.5) is 0 Å². The largest absolute Gasteiger partial charge is 0.494 e. The third kappa shape index (κ3) is 2.76. The first kappa shape index (κ1) is 13.9. The van der Waals surface area contributed by atoms with Crippen LogP contribution in [0.1, 0.15) is 37.9 Å². The van der Waals surface area contributed by atoms with Gasteiger partial charge in [0.05, 0.1) is 18.0 Å². The fourth-order valence-corrected chi connectivity index (χ4v) is 2.68. The molecule has 0 fully saturated rings. The van der Waals surface area contributed by atoms with Crippen LogP contribution >= 0.6 is 11.6 Å². The molecule has 0 aliphatic rings. The Balaban J connectivity index is 2.39. The summed E-state index contributed by atoms with van der Waals surface area (Å²) in [4.78, 5) is 0. The fraction of sp³-hybridized carbons (Fsp3) is 0.400. The Morgan fingerprint density at radius 3 is 2.37 bits per heavy atom. The van der Waals surface area contributed by atoms with Gasteiger partial charge in [0.25, 0.3) is 0 Å². The highest BCUT2D eigenvalue weighted by molar-refractivity contribution is 6.30. The first-order valence-corrected chi connectivity index (χ1v) is 6.90. The number of nitrogens with zero attached hydrogens (tertiary/aromatic N) is 2. The van der Waals surface area contributed by atoms with Crippen molar-refractivity contribution in [3.8, 4) is 11.4 Å². The Kier molecular flexibility index (Phi) is 4.15. The van der Waals surface area contributed by atoms with Crippen LogP contribution in [0.2, 0.25) is 5.15 Å². The summed E-state index contributed by atoms with van der Waals surface area (Å²) in [5.74, 6) is 1.22. The van der Waals surface area contributed by atoms with E-state index in [1.807, 2.05) is 38.1 Å². The molecule has 19 heavy (non-hydrogen) atoms. The van der Waals surface area contributed by atoms with Gasteiger partial charge in [-0.25, -0.2) is 4.68 Å². The van der Waals surface area contributed by atoms with E-state index in [0.29, 0.717) is 17.7 Å². The van der Waals surface area contributed by atoms with Crippen molar-refractivity contribution in [3.05, 3.63) is 40.7 Å². The summed E-state index contributed by atoms with van der Waals surface area (Å²) in [5, 5.41) is 5.21. The molecule has 0 aliphatic carbocycles. The number of aromatic nitrogens is 2. The lowest BCUT2D eigenvalue weighted by Gasteiger charge is -2.07. The minimum Gasteiger partial charge on any atom is -0.494 e. The maximum Gasteiger partial charge on any atom is 0.136 e. The average Bonchev–Trinajstić information content (AvgIpc) is 2.66. The summed E-state index contributed by atoms with van der Waals surface area (Å²) in [7, 11) is 0. The molecule has 1 heterocycles. The van der Waals surface area contributed by atoms with E-state index in [4.69, 9.17) is 16.3 Å². The van der Waals surface area contributed by atoms with E-state index < -0.39 is 0 Å². The number of hydrogen-bond acceptors (Lipinski definition) is 2. The Labute approximate surface area is 119 Å². The zero-order valence-corrected chi connectivity index (χ0v) is 12.5. The van der Waals surface area contributed by atoms with E-state index in [2.05, 4.69) is 18.9 Å². The minimum absolute atomic E-state index is 0.365. The van der Waals surface area contributed by atoms with E-state index in [1.165, 1.54) is 0 Å². The van der Waals surface area contributed by atoms with Gasteiger partial charge < -0.3 is 4.74 Å². The second-order valence-electron chi connectivity index (χ2n) is 4.78. The quantitative estimate of drug-likeness (QED) is 0.831. The lowest BCUT2D eigenvalue weighted by atomic mass is 10.1. The van der Waals surface area contributed by atoms with E-state index in [1.54, 1.807) is 4.68 Å². The second kappa shape index (κ2) is 5.66. The lowest BCUT2D eigenvalue weighted by molar-refractivity contribution is 0.340. The van der Waals surface area contributed by atoms with Crippen molar-refractivity contribution in [3.63, 3.8) is 0 Å². The molecule has 0 bridgehead atoms. The molecule has 0 atom stereocenters. The molecule has 0 aliphatic heterocycles. The molecule has 0 amide bonds.